The number of rotatable bonds is 4. The molecule has 0 aromatic heterocycles. The quantitative estimate of drug-likeness (QED) is 0.238. The molecule has 1 unspecified atom stereocenters. The van der Waals surface area contributed by atoms with Gasteiger partial charge in [0.1, 0.15) is 0 Å². The third-order valence-corrected chi connectivity index (χ3v) is 4.42. The van der Waals surface area contributed by atoms with Crippen LogP contribution in [-0.4, -0.2) is 10.9 Å². The molecule has 2 aromatic carbocycles. The summed E-state index contributed by atoms with van der Waals surface area (Å²) in [5, 5.41) is 13.3. The molecule has 1 atom stereocenters. The Bertz CT molecular complexity index is 904. The van der Waals surface area contributed by atoms with Gasteiger partial charge < -0.3 is 10.4 Å². The summed E-state index contributed by atoms with van der Waals surface area (Å²) in [6, 6.07) is 14.4. The Morgan fingerprint density at radius 1 is 1.23 bits per heavy atom. The summed E-state index contributed by atoms with van der Waals surface area (Å²) in [6.07, 6.45) is 6.72. The van der Waals surface area contributed by atoms with Crippen LogP contribution in [0.3, 0.4) is 0 Å². The van der Waals surface area contributed by atoms with E-state index in [0.29, 0.717) is 5.92 Å². The van der Waals surface area contributed by atoms with Crippen molar-refractivity contribution in [2.24, 2.45) is 5.92 Å². The van der Waals surface area contributed by atoms with E-state index in [0.717, 1.165) is 17.7 Å². The molecule has 0 aliphatic carbocycles. The molecule has 1 N–H and O–H groups in total. The molecule has 3 nitrogen and oxygen atoms in total. The van der Waals surface area contributed by atoms with Gasteiger partial charge in [-0.2, -0.15) is 34.9 Å². The topological polar surface area (TPSA) is 51.4 Å². The fourth-order valence-corrected chi connectivity index (χ4v) is 3.46. The Morgan fingerprint density at radius 3 is 2.47 bits per heavy atom. The van der Waals surface area contributed by atoms with Crippen LogP contribution in [0.25, 0.3) is 11.4 Å². The van der Waals surface area contributed by atoms with Crippen LogP contribution in [0.5, 0.6) is 0 Å². The molecule has 0 spiro atoms. The number of ketones is 1. The minimum Gasteiger partial charge on any atom is -0.676 e. The van der Waals surface area contributed by atoms with E-state index in [2.05, 4.69) is 76.2 Å². The van der Waals surface area contributed by atoms with Crippen LogP contribution in [0.15, 0.2) is 48.2 Å². The molecule has 0 saturated heterocycles. The van der Waals surface area contributed by atoms with Gasteiger partial charge in [-0.1, -0.05) is 64.1 Å². The van der Waals surface area contributed by atoms with Gasteiger partial charge in [0.15, 0.2) is 5.78 Å². The number of hydrogen-bond donors (Lipinski definition) is 1. The number of fused-ring (bicyclic) bond motifs is 1. The minimum atomic E-state index is -0.125. The third kappa shape index (κ3) is 7.93. The summed E-state index contributed by atoms with van der Waals surface area (Å²) >= 11 is 0. The van der Waals surface area contributed by atoms with E-state index in [1.165, 1.54) is 42.2 Å². The van der Waals surface area contributed by atoms with Crippen molar-refractivity contribution in [3.63, 3.8) is 0 Å². The first-order valence-corrected chi connectivity index (χ1v) is 10.0. The number of carbonyl (C=O) groups excluding carboxylic acids is 1. The summed E-state index contributed by atoms with van der Waals surface area (Å²) in [7, 11) is 0. The molecule has 1 heterocycles. The first-order valence-electron chi connectivity index (χ1n) is 10.0. The summed E-state index contributed by atoms with van der Waals surface area (Å²) < 4.78 is 0. The molecule has 1 aliphatic heterocycles. The SMILES string of the molecule is CC(=O)/C=C(/C)O.Cc1[c-]c(C2C=Cc3c(CC(C)C)cccc3[N-]2)cc(C)c1.[Ir]. The molecule has 3 rings (SSSR count). The predicted octanol–water partition coefficient (Wildman–Crippen LogP) is 7.11. The number of carbonyl (C=O) groups is 1. The summed E-state index contributed by atoms with van der Waals surface area (Å²) in [6.45, 7) is 11.6. The van der Waals surface area contributed by atoms with Gasteiger partial charge in [0.05, 0.1) is 5.76 Å². The van der Waals surface area contributed by atoms with E-state index in [1.807, 2.05) is 0 Å². The molecule has 163 valence electrons. The zero-order valence-corrected chi connectivity index (χ0v) is 21.0. The Balaban J connectivity index is 0.000000489. The molecule has 1 aliphatic rings. The van der Waals surface area contributed by atoms with Crippen molar-refractivity contribution in [2.75, 3.05) is 0 Å². The fraction of sp³-hybridized carbons (Fsp3) is 0.346. The second-order valence-corrected chi connectivity index (χ2v) is 8.07. The summed E-state index contributed by atoms with van der Waals surface area (Å²) in [4.78, 5) is 10.0. The maximum absolute atomic E-state index is 10.0. The monoisotopic (exact) mass is 582 g/mol. The van der Waals surface area contributed by atoms with Crippen molar-refractivity contribution in [3.8, 4) is 0 Å². The van der Waals surface area contributed by atoms with Gasteiger partial charge in [-0.25, -0.2) is 0 Å². The Morgan fingerprint density at radius 2 is 1.93 bits per heavy atom. The number of aliphatic hydroxyl groups excluding tert-OH is 1. The van der Waals surface area contributed by atoms with Gasteiger partial charge in [-0.15, -0.1) is 5.69 Å². The zero-order valence-electron chi connectivity index (χ0n) is 18.6. The molecule has 0 fully saturated rings. The van der Waals surface area contributed by atoms with Crippen molar-refractivity contribution in [2.45, 2.75) is 54.0 Å². The molecule has 0 saturated carbocycles. The van der Waals surface area contributed by atoms with Crippen LogP contribution in [0.2, 0.25) is 0 Å². The van der Waals surface area contributed by atoms with Crippen LogP contribution in [-0.2, 0) is 31.3 Å². The van der Waals surface area contributed by atoms with Gasteiger partial charge in [0.2, 0.25) is 0 Å². The molecule has 30 heavy (non-hydrogen) atoms. The van der Waals surface area contributed by atoms with Gasteiger partial charge in [-0.3, -0.25) is 4.79 Å². The van der Waals surface area contributed by atoms with E-state index < -0.39 is 0 Å². The number of allylic oxidation sites excluding steroid dienone is 2. The molecule has 4 heteroatoms. The van der Waals surface area contributed by atoms with Crippen molar-refractivity contribution < 1.29 is 30.0 Å². The normalized spacial score (nSPS) is 14.8. The second kappa shape index (κ2) is 11.9. The van der Waals surface area contributed by atoms with Crippen molar-refractivity contribution in [1.29, 1.82) is 0 Å². The Labute approximate surface area is 194 Å². The van der Waals surface area contributed by atoms with Crippen molar-refractivity contribution >= 4 is 17.5 Å². The van der Waals surface area contributed by atoms with Crippen LogP contribution in [0.1, 0.15) is 61.6 Å². The van der Waals surface area contributed by atoms with Crippen LogP contribution >= 0.6 is 0 Å². The van der Waals surface area contributed by atoms with Crippen LogP contribution < -0.4 is 0 Å². The molecular formula is C26H31IrNO2-2. The van der Waals surface area contributed by atoms with E-state index >= 15 is 0 Å². The molecule has 2 aromatic rings. The molecule has 0 bridgehead atoms. The van der Waals surface area contributed by atoms with Gasteiger partial charge >= 0.3 is 0 Å². The van der Waals surface area contributed by atoms with E-state index in [9.17, 15) is 4.79 Å². The third-order valence-electron chi connectivity index (χ3n) is 4.42. The van der Waals surface area contributed by atoms with Gasteiger partial charge in [0.25, 0.3) is 0 Å². The van der Waals surface area contributed by atoms with Gasteiger partial charge in [-0.05, 0) is 37.3 Å². The number of aryl methyl sites for hydroxylation is 2. The first kappa shape index (κ1) is 25.9. The predicted molar refractivity (Wildman–Crippen MR) is 122 cm³/mol. The number of aliphatic hydroxyl groups is 1. The number of hydrogen-bond acceptors (Lipinski definition) is 2. The Hall–Kier alpha value is -2.16. The molecular weight excluding hydrogens is 551 g/mol. The Kier molecular flexibility index (Phi) is 10.2. The average Bonchev–Trinajstić information content (AvgIpc) is 2.59. The molecule has 0 amide bonds. The number of nitrogens with zero attached hydrogens (tertiary/aromatic N) is 1. The van der Waals surface area contributed by atoms with E-state index in [-0.39, 0.29) is 37.7 Å². The largest absolute Gasteiger partial charge is 0.676 e. The van der Waals surface area contributed by atoms with Gasteiger partial charge in [0, 0.05) is 26.2 Å². The van der Waals surface area contributed by atoms with Crippen molar-refractivity contribution in [1.82, 2.24) is 0 Å². The van der Waals surface area contributed by atoms with Crippen LogP contribution in [0, 0.1) is 25.8 Å². The first-order chi connectivity index (χ1) is 13.7. The number of benzene rings is 2. The van der Waals surface area contributed by atoms with E-state index in [4.69, 9.17) is 10.4 Å². The fourth-order valence-electron chi connectivity index (χ4n) is 3.46. The van der Waals surface area contributed by atoms with E-state index in [1.54, 1.807) is 0 Å². The smallest absolute Gasteiger partial charge is 0.155 e. The minimum absolute atomic E-state index is 0. The summed E-state index contributed by atoms with van der Waals surface area (Å²) in [5.41, 5.74) is 7.41. The van der Waals surface area contributed by atoms with Crippen LogP contribution in [0.4, 0.5) is 5.69 Å². The molecule has 1 radical (unpaired) electrons. The average molecular weight is 582 g/mol. The maximum atomic E-state index is 10.0. The second-order valence-electron chi connectivity index (χ2n) is 8.07. The zero-order chi connectivity index (χ0) is 21.6. The van der Waals surface area contributed by atoms with Crippen molar-refractivity contribution in [3.05, 3.63) is 87.4 Å². The maximum Gasteiger partial charge on any atom is 0.155 e. The summed E-state index contributed by atoms with van der Waals surface area (Å²) in [5.74, 6) is 0.595. The standard InChI is InChI=1S/C21H23N.C5H8O2.Ir/c1-14(2)10-17-6-5-7-21-19(17)8-9-20(22-21)18-12-15(3)11-16(4)13-18;1-4(6)3-5(2)7;/h5-9,11-12,14,20H,10H2,1-4H3;3,6H,1-2H3;/q-2;;/b;4-3-;.